The SMILES string of the molecule is C/C=C1/N=C(N(C(=O)C#CCC)c2cc(C)c(C)cc2OCCOC)C=CC1=NC. The molecule has 30 heavy (non-hydrogen) atoms. The summed E-state index contributed by atoms with van der Waals surface area (Å²) in [6.07, 6.45) is 6.06. The molecule has 0 fully saturated rings. The summed E-state index contributed by atoms with van der Waals surface area (Å²) in [6, 6.07) is 3.86. The Morgan fingerprint density at radius 3 is 2.60 bits per heavy atom. The van der Waals surface area contributed by atoms with Crippen LogP contribution >= 0.6 is 0 Å². The number of amidine groups is 1. The van der Waals surface area contributed by atoms with Crippen molar-refractivity contribution in [2.24, 2.45) is 9.98 Å². The normalized spacial score (nSPS) is 15.6. The lowest BCUT2D eigenvalue weighted by molar-refractivity contribution is -0.112. The minimum Gasteiger partial charge on any atom is -0.489 e. The smallest absolute Gasteiger partial charge is 0.308 e. The van der Waals surface area contributed by atoms with E-state index in [-0.39, 0.29) is 5.91 Å². The van der Waals surface area contributed by atoms with Crippen molar-refractivity contribution in [1.29, 1.82) is 0 Å². The molecule has 1 amide bonds. The quantitative estimate of drug-likeness (QED) is 0.547. The molecule has 0 atom stereocenters. The van der Waals surface area contributed by atoms with Gasteiger partial charge >= 0.3 is 5.91 Å². The summed E-state index contributed by atoms with van der Waals surface area (Å²) >= 11 is 0. The number of aliphatic imine (C=N–C) groups is 2. The van der Waals surface area contributed by atoms with Crippen molar-refractivity contribution in [1.82, 2.24) is 0 Å². The first-order chi connectivity index (χ1) is 14.5. The Kier molecular flexibility index (Phi) is 8.57. The molecule has 158 valence electrons. The number of dihydropyridines is 1. The number of aryl methyl sites for hydroxylation is 2. The molecular weight excluding hydrogens is 378 g/mol. The molecule has 1 heterocycles. The third-order valence-corrected chi connectivity index (χ3v) is 4.57. The Morgan fingerprint density at radius 2 is 1.97 bits per heavy atom. The van der Waals surface area contributed by atoms with E-state index in [2.05, 4.69) is 21.8 Å². The minimum atomic E-state index is -0.368. The van der Waals surface area contributed by atoms with Crippen LogP contribution < -0.4 is 9.64 Å². The number of hydrogen-bond acceptors (Lipinski definition) is 5. The summed E-state index contributed by atoms with van der Waals surface area (Å²) in [5, 5.41) is 0. The monoisotopic (exact) mass is 407 g/mol. The number of ether oxygens (including phenoxy) is 2. The zero-order chi connectivity index (χ0) is 22.1. The number of amides is 1. The summed E-state index contributed by atoms with van der Waals surface area (Å²) in [6.45, 7) is 8.60. The Hall–Kier alpha value is -3.17. The van der Waals surface area contributed by atoms with Crippen molar-refractivity contribution in [2.75, 3.05) is 32.3 Å². The molecule has 1 aliphatic heterocycles. The first-order valence-electron chi connectivity index (χ1n) is 9.92. The minimum absolute atomic E-state index is 0.365. The Morgan fingerprint density at radius 1 is 1.23 bits per heavy atom. The van der Waals surface area contributed by atoms with Gasteiger partial charge in [0.1, 0.15) is 18.2 Å². The van der Waals surface area contributed by atoms with Crippen LogP contribution in [-0.2, 0) is 9.53 Å². The number of carbonyl (C=O) groups excluding carboxylic acids is 1. The summed E-state index contributed by atoms with van der Waals surface area (Å²) in [5.41, 5.74) is 4.15. The number of nitrogens with zero attached hydrogens (tertiary/aromatic N) is 3. The molecule has 1 aromatic carbocycles. The molecule has 0 unspecified atom stereocenters. The molecule has 0 spiro atoms. The van der Waals surface area contributed by atoms with Gasteiger partial charge in [-0.2, -0.15) is 0 Å². The zero-order valence-corrected chi connectivity index (χ0v) is 18.6. The van der Waals surface area contributed by atoms with Crippen molar-refractivity contribution in [3.05, 3.63) is 47.2 Å². The lowest BCUT2D eigenvalue weighted by atomic mass is 10.1. The van der Waals surface area contributed by atoms with Crippen LogP contribution in [0.25, 0.3) is 0 Å². The molecule has 1 aromatic rings. The third kappa shape index (κ3) is 5.46. The average Bonchev–Trinajstić information content (AvgIpc) is 2.75. The molecule has 0 aliphatic carbocycles. The maximum atomic E-state index is 13.1. The second-order valence-electron chi connectivity index (χ2n) is 6.63. The van der Waals surface area contributed by atoms with Crippen molar-refractivity contribution in [3.63, 3.8) is 0 Å². The first kappa shape index (κ1) is 23.1. The Bertz CT molecular complexity index is 975. The largest absolute Gasteiger partial charge is 0.489 e. The summed E-state index contributed by atoms with van der Waals surface area (Å²) in [4.78, 5) is 23.5. The van der Waals surface area contributed by atoms with Gasteiger partial charge in [-0.25, -0.2) is 9.89 Å². The molecular formula is C24H29N3O3. The van der Waals surface area contributed by atoms with E-state index in [1.807, 2.05) is 52.0 Å². The van der Waals surface area contributed by atoms with Crippen LogP contribution in [0, 0.1) is 25.7 Å². The van der Waals surface area contributed by atoms with Crippen LogP contribution in [0.4, 0.5) is 5.69 Å². The molecule has 6 nitrogen and oxygen atoms in total. The third-order valence-electron chi connectivity index (χ3n) is 4.57. The molecule has 0 saturated heterocycles. The van der Waals surface area contributed by atoms with E-state index in [1.165, 1.54) is 4.90 Å². The van der Waals surface area contributed by atoms with E-state index < -0.39 is 0 Å². The molecule has 2 rings (SSSR count). The lowest BCUT2D eigenvalue weighted by Gasteiger charge is -2.26. The van der Waals surface area contributed by atoms with Crippen LogP contribution in [0.2, 0.25) is 0 Å². The summed E-state index contributed by atoms with van der Waals surface area (Å²) in [5.74, 6) is 6.24. The van der Waals surface area contributed by atoms with E-state index in [0.717, 1.165) is 16.8 Å². The van der Waals surface area contributed by atoms with E-state index in [9.17, 15) is 4.79 Å². The van der Waals surface area contributed by atoms with Crippen LogP contribution in [0.15, 0.2) is 46.0 Å². The average molecular weight is 408 g/mol. The van der Waals surface area contributed by atoms with Crippen LogP contribution in [-0.4, -0.2) is 44.8 Å². The molecule has 0 radical (unpaired) electrons. The second kappa shape index (κ2) is 11.1. The van der Waals surface area contributed by atoms with E-state index in [0.29, 0.717) is 42.6 Å². The maximum absolute atomic E-state index is 13.1. The zero-order valence-electron chi connectivity index (χ0n) is 18.6. The highest BCUT2D eigenvalue weighted by atomic mass is 16.5. The summed E-state index contributed by atoms with van der Waals surface area (Å²) in [7, 11) is 3.33. The van der Waals surface area contributed by atoms with Gasteiger partial charge in [0.2, 0.25) is 0 Å². The van der Waals surface area contributed by atoms with Gasteiger partial charge in [-0.3, -0.25) is 9.79 Å². The van der Waals surface area contributed by atoms with Gasteiger partial charge in [0.25, 0.3) is 0 Å². The number of allylic oxidation sites excluding steroid dienone is 2. The predicted octanol–water partition coefficient (Wildman–Crippen LogP) is 4.02. The fourth-order valence-electron chi connectivity index (χ4n) is 2.84. The molecule has 0 saturated carbocycles. The number of carbonyl (C=O) groups is 1. The molecule has 0 aromatic heterocycles. The Labute approximate surface area is 179 Å². The van der Waals surface area contributed by atoms with E-state index in [4.69, 9.17) is 9.47 Å². The molecule has 0 N–H and O–H groups in total. The highest BCUT2D eigenvalue weighted by Crippen LogP contribution is 2.33. The summed E-state index contributed by atoms with van der Waals surface area (Å²) < 4.78 is 11.1. The number of rotatable bonds is 5. The van der Waals surface area contributed by atoms with Gasteiger partial charge in [-0.15, -0.1) is 0 Å². The second-order valence-corrected chi connectivity index (χ2v) is 6.63. The van der Waals surface area contributed by atoms with Crippen LogP contribution in [0.3, 0.4) is 0 Å². The van der Waals surface area contributed by atoms with Gasteiger partial charge < -0.3 is 9.47 Å². The number of benzene rings is 1. The lowest BCUT2D eigenvalue weighted by Crippen LogP contribution is -2.37. The van der Waals surface area contributed by atoms with Gasteiger partial charge in [0, 0.05) is 20.6 Å². The van der Waals surface area contributed by atoms with E-state index >= 15 is 0 Å². The van der Waals surface area contributed by atoms with Crippen LogP contribution in [0.5, 0.6) is 5.75 Å². The van der Waals surface area contributed by atoms with E-state index in [1.54, 1.807) is 20.2 Å². The number of methoxy groups -OCH3 is 1. The Balaban J connectivity index is 2.64. The number of anilines is 1. The van der Waals surface area contributed by atoms with Crippen molar-refractivity contribution in [3.8, 4) is 17.6 Å². The highest BCUT2D eigenvalue weighted by Gasteiger charge is 2.25. The maximum Gasteiger partial charge on any atom is 0.308 e. The van der Waals surface area contributed by atoms with Crippen molar-refractivity contribution < 1.29 is 14.3 Å². The van der Waals surface area contributed by atoms with Crippen molar-refractivity contribution in [2.45, 2.75) is 34.1 Å². The highest BCUT2D eigenvalue weighted by molar-refractivity contribution is 6.30. The fraction of sp³-hybridized carbons (Fsp3) is 0.375. The molecule has 0 bridgehead atoms. The van der Waals surface area contributed by atoms with Gasteiger partial charge in [0.15, 0.2) is 0 Å². The van der Waals surface area contributed by atoms with Gasteiger partial charge in [-0.1, -0.05) is 18.9 Å². The van der Waals surface area contributed by atoms with Gasteiger partial charge in [0.05, 0.1) is 23.7 Å². The standard InChI is InChI=1S/C24H29N3O3/c1-7-9-10-24(28)27(23-12-11-20(25-5)19(8-2)26-23)21-15-17(3)18(4)16-22(21)30-14-13-29-6/h8,11-12,15-16H,7,13-14H2,1-6H3/b19-8+,25-20?. The molecule has 1 aliphatic rings. The fourth-order valence-corrected chi connectivity index (χ4v) is 2.84. The van der Waals surface area contributed by atoms with Gasteiger partial charge in [-0.05, 0) is 62.1 Å². The van der Waals surface area contributed by atoms with Crippen LogP contribution in [0.1, 0.15) is 31.4 Å². The number of hydrogen-bond donors (Lipinski definition) is 0. The predicted molar refractivity (Wildman–Crippen MR) is 123 cm³/mol. The first-order valence-corrected chi connectivity index (χ1v) is 9.92. The van der Waals surface area contributed by atoms with Crippen molar-refractivity contribution >= 4 is 23.1 Å². The topological polar surface area (TPSA) is 63.5 Å². The molecule has 6 heteroatoms.